The lowest BCUT2D eigenvalue weighted by molar-refractivity contribution is -0.116. The summed E-state index contributed by atoms with van der Waals surface area (Å²) in [6.07, 6.45) is 0.485. The Morgan fingerprint density at radius 1 is 1.08 bits per heavy atom. The minimum atomic E-state index is -0.160. The van der Waals surface area contributed by atoms with Crippen LogP contribution in [0, 0.1) is 12.8 Å². The zero-order valence-corrected chi connectivity index (χ0v) is 17.1. The van der Waals surface area contributed by atoms with Gasteiger partial charge in [0.05, 0.1) is 10.7 Å². The molecule has 2 amide bonds. The van der Waals surface area contributed by atoms with Gasteiger partial charge in [0.25, 0.3) is 5.91 Å². The van der Waals surface area contributed by atoms with Crippen molar-refractivity contribution in [1.29, 1.82) is 0 Å². The maximum absolute atomic E-state index is 12.5. The van der Waals surface area contributed by atoms with E-state index < -0.39 is 0 Å². The topological polar surface area (TPSA) is 71.1 Å². The average molecular weight is 374 g/mol. The summed E-state index contributed by atoms with van der Waals surface area (Å²) in [5, 5.41) is 6.70. The number of aryl methyl sites for hydroxylation is 1. The Bertz CT molecular complexity index is 786. The molecule has 2 rings (SSSR count). The van der Waals surface area contributed by atoms with E-state index in [0.717, 1.165) is 16.4 Å². The number of nitrogens with zero attached hydrogens (tertiary/aromatic N) is 1. The summed E-state index contributed by atoms with van der Waals surface area (Å²) in [4.78, 5) is 29.5. The number of carbonyl (C=O) groups excluding carboxylic acids is 2. The Morgan fingerprint density at radius 2 is 1.62 bits per heavy atom. The first kappa shape index (κ1) is 20.1. The van der Waals surface area contributed by atoms with Gasteiger partial charge in [-0.15, -0.1) is 11.3 Å². The van der Waals surface area contributed by atoms with Gasteiger partial charge in [-0.1, -0.05) is 34.6 Å². The van der Waals surface area contributed by atoms with Crippen LogP contribution < -0.4 is 10.6 Å². The van der Waals surface area contributed by atoms with Gasteiger partial charge in [0.1, 0.15) is 4.88 Å². The zero-order valence-electron chi connectivity index (χ0n) is 16.3. The van der Waals surface area contributed by atoms with E-state index in [-0.39, 0.29) is 17.2 Å². The van der Waals surface area contributed by atoms with E-state index in [2.05, 4.69) is 36.4 Å². The summed E-state index contributed by atoms with van der Waals surface area (Å²) in [6.45, 7) is 12.1. The van der Waals surface area contributed by atoms with Gasteiger partial charge in [0.15, 0.2) is 0 Å². The lowest BCUT2D eigenvalue weighted by atomic mass is 9.98. The van der Waals surface area contributed by atoms with E-state index in [4.69, 9.17) is 0 Å². The number of hydrogen-bond acceptors (Lipinski definition) is 4. The Kier molecular flexibility index (Phi) is 6.18. The molecule has 0 saturated heterocycles. The van der Waals surface area contributed by atoms with Gasteiger partial charge in [-0.2, -0.15) is 0 Å². The van der Waals surface area contributed by atoms with Crippen molar-refractivity contribution in [2.24, 2.45) is 5.92 Å². The fourth-order valence-electron chi connectivity index (χ4n) is 2.34. The van der Waals surface area contributed by atoms with Crippen molar-refractivity contribution in [3.8, 4) is 0 Å². The first-order chi connectivity index (χ1) is 12.1. The summed E-state index contributed by atoms with van der Waals surface area (Å²) >= 11 is 1.43. The molecule has 1 aromatic carbocycles. The first-order valence-corrected chi connectivity index (χ1v) is 9.57. The lowest BCUT2D eigenvalue weighted by Crippen LogP contribution is -2.14. The molecular weight excluding hydrogens is 346 g/mol. The summed E-state index contributed by atoms with van der Waals surface area (Å²) in [5.74, 6) is 0.146. The highest BCUT2D eigenvalue weighted by molar-refractivity contribution is 7.14. The quantitative estimate of drug-likeness (QED) is 0.776. The second-order valence-corrected chi connectivity index (χ2v) is 8.86. The number of hydrogen-bond donors (Lipinski definition) is 2. The molecule has 0 radical (unpaired) electrons. The number of amides is 2. The predicted octanol–water partition coefficient (Wildman–Crippen LogP) is 4.99. The Balaban J connectivity index is 2.04. The molecule has 0 aliphatic heterocycles. The second kappa shape index (κ2) is 7.99. The molecule has 0 bridgehead atoms. The first-order valence-electron chi connectivity index (χ1n) is 8.75. The fraction of sp³-hybridized carbons (Fsp3) is 0.450. The molecule has 5 nitrogen and oxygen atoms in total. The fourth-order valence-corrected chi connectivity index (χ4v) is 3.35. The zero-order chi connectivity index (χ0) is 19.5. The van der Waals surface area contributed by atoms with Crippen molar-refractivity contribution in [2.45, 2.75) is 53.4 Å². The van der Waals surface area contributed by atoms with E-state index >= 15 is 0 Å². The molecule has 0 unspecified atom stereocenters. The molecule has 0 aliphatic carbocycles. The van der Waals surface area contributed by atoms with Crippen molar-refractivity contribution < 1.29 is 9.59 Å². The minimum absolute atomic E-state index is 0.00761. The monoisotopic (exact) mass is 373 g/mol. The van der Waals surface area contributed by atoms with Crippen LogP contribution in [0.3, 0.4) is 0 Å². The molecule has 0 spiro atoms. The standard InChI is InChI=1S/C20H27N3O2S/c1-12(2)11-16(24)22-14-7-9-15(10-8-14)23-18(25)17-13(3)21-19(26-17)20(4,5)6/h7-10,12H,11H2,1-6H3,(H,22,24)(H,23,25). The van der Waals surface area contributed by atoms with E-state index in [1.54, 1.807) is 24.3 Å². The minimum Gasteiger partial charge on any atom is -0.326 e. The normalized spacial score (nSPS) is 11.5. The van der Waals surface area contributed by atoms with E-state index in [0.29, 0.717) is 22.9 Å². The summed E-state index contributed by atoms with van der Waals surface area (Å²) in [5.41, 5.74) is 2.07. The lowest BCUT2D eigenvalue weighted by Gasteiger charge is -2.13. The summed E-state index contributed by atoms with van der Waals surface area (Å²) in [6, 6.07) is 7.13. The molecule has 140 valence electrons. The van der Waals surface area contributed by atoms with Crippen LogP contribution in [0.25, 0.3) is 0 Å². The van der Waals surface area contributed by atoms with Gasteiger partial charge < -0.3 is 10.6 Å². The Morgan fingerprint density at radius 3 is 2.08 bits per heavy atom. The number of carbonyl (C=O) groups is 2. The summed E-state index contributed by atoms with van der Waals surface area (Å²) < 4.78 is 0. The van der Waals surface area contributed by atoms with Crippen LogP contribution in [0.5, 0.6) is 0 Å². The number of thiazole rings is 1. The molecule has 0 aliphatic rings. The molecular formula is C20H27N3O2S. The SMILES string of the molecule is Cc1nc(C(C)(C)C)sc1C(=O)Nc1ccc(NC(=O)CC(C)C)cc1. The third kappa shape index (κ3) is 5.39. The van der Waals surface area contributed by atoms with Crippen LogP contribution in [0.15, 0.2) is 24.3 Å². The van der Waals surface area contributed by atoms with Gasteiger partial charge >= 0.3 is 0 Å². The van der Waals surface area contributed by atoms with Crippen molar-refractivity contribution >= 4 is 34.5 Å². The summed E-state index contributed by atoms with van der Waals surface area (Å²) in [7, 11) is 0. The van der Waals surface area contributed by atoms with Crippen molar-refractivity contribution in [2.75, 3.05) is 10.6 Å². The molecule has 1 heterocycles. The van der Waals surface area contributed by atoms with Crippen LogP contribution in [0.1, 0.15) is 61.4 Å². The number of anilines is 2. The number of benzene rings is 1. The average Bonchev–Trinajstić information content (AvgIpc) is 2.90. The predicted molar refractivity (Wildman–Crippen MR) is 108 cm³/mol. The van der Waals surface area contributed by atoms with Gasteiger partial charge in [0, 0.05) is 23.2 Å². The van der Waals surface area contributed by atoms with Gasteiger partial charge in [0.2, 0.25) is 5.91 Å². The van der Waals surface area contributed by atoms with Gasteiger partial charge in [-0.05, 0) is 37.1 Å². The molecule has 26 heavy (non-hydrogen) atoms. The van der Waals surface area contributed by atoms with Gasteiger partial charge in [-0.25, -0.2) is 4.98 Å². The van der Waals surface area contributed by atoms with Crippen LogP contribution in [-0.2, 0) is 10.2 Å². The Hall–Kier alpha value is -2.21. The highest BCUT2D eigenvalue weighted by Crippen LogP contribution is 2.29. The highest BCUT2D eigenvalue weighted by atomic mass is 32.1. The molecule has 2 aromatic rings. The van der Waals surface area contributed by atoms with E-state index in [9.17, 15) is 9.59 Å². The number of rotatable bonds is 5. The highest BCUT2D eigenvalue weighted by Gasteiger charge is 2.23. The van der Waals surface area contributed by atoms with Crippen molar-refractivity contribution in [3.63, 3.8) is 0 Å². The van der Waals surface area contributed by atoms with Crippen molar-refractivity contribution in [3.05, 3.63) is 39.8 Å². The van der Waals surface area contributed by atoms with Crippen LogP contribution in [-0.4, -0.2) is 16.8 Å². The molecule has 0 fully saturated rings. The maximum Gasteiger partial charge on any atom is 0.267 e. The second-order valence-electron chi connectivity index (χ2n) is 7.86. The molecule has 2 N–H and O–H groups in total. The maximum atomic E-state index is 12.5. The smallest absolute Gasteiger partial charge is 0.267 e. The Labute approximate surface area is 159 Å². The molecule has 0 atom stereocenters. The van der Waals surface area contributed by atoms with Crippen LogP contribution in [0.4, 0.5) is 11.4 Å². The van der Waals surface area contributed by atoms with E-state index in [1.165, 1.54) is 11.3 Å². The van der Waals surface area contributed by atoms with Crippen molar-refractivity contribution in [1.82, 2.24) is 4.98 Å². The van der Waals surface area contributed by atoms with E-state index in [1.807, 2.05) is 20.8 Å². The third-order valence-corrected chi connectivity index (χ3v) is 5.25. The molecule has 0 saturated carbocycles. The van der Waals surface area contributed by atoms with Gasteiger partial charge in [-0.3, -0.25) is 9.59 Å². The van der Waals surface area contributed by atoms with Crippen LogP contribution in [0.2, 0.25) is 0 Å². The van der Waals surface area contributed by atoms with Crippen LogP contribution >= 0.6 is 11.3 Å². The largest absolute Gasteiger partial charge is 0.326 e. The third-order valence-electron chi connectivity index (χ3n) is 3.66. The number of nitrogens with one attached hydrogen (secondary N) is 2. The molecule has 1 aromatic heterocycles. The number of aromatic nitrogens is 1. The molecule has 6 heteroatoms.